The maximum Gasteiger partial charge on any atom is 0.333 e. The first-order chi connectivity index (χ1) is 6.81. The van der Waals surface area contributed by atoms with Crippen molar-refractivity contribution in [2.75, 3.05) is 6.61 Å². The van der Waals surface area contributed by atoms with Crippen molar-refractivity contribution < 1.29 is 19.1 Å². The average Bonchev–Trinajstić information content (AvgIpc) is 2.02. The first-order valence-electron chi connectivity index (χ1n) is 4.41. The third-order valence-corrected chi connectivity index (χ3v) is 1.05. The summed E-state index contributed by atoms with van der Waals surface area (Å²) in [6, 6.07) is 0. The van der Waals surface area contributed by atoms with Gasteiger partial charge in [-0.2, -0.15) is 0 Å². The van der Waals surface area contributed by atoms with Crippen LogP contribution in [0, 0.1) is 0 Å². The van der Waals surface area contributed by atoms with Crippen LogP contribution in [0.2, 0.25) is 0 Å². The first kappa shape index (κ1) is 15.8. The highest BCUT2D eigenvalue weighted by molar-refractivity contribution is 5.95. The summed E-state index contributed by atoms with van der Waals surface area (Å²) in [5.41, 5.74) is 5.08. The Balaban J connectivity index is 0. The van der Waals surface area contributed by atoms with E-state index in [4.69, 9.17) is 0 Å². The zero-order chi connectivity index (χ0) is 12.4. The monoisotopic (exact) mass is 215 g/mol. The number of esters is 1. The van der Waals surface area contributed by atoms with E-state index < -0.39 is 5.91 Å². The van der Waals surface area contributed by atoms with Crippen molar-refractivity contribution >= 4 is 17.7 Å². The maximum atomic E-state index is 10.4. The maximum absolute atomic E-state index is 10.4. The highest BCUT2D eigenvalue weighted by Gasteiger charge is 1.98. The molecule has 1 amide bonds. The average molecular weight is 215 g/mol. The molecule has 0 atom stereocenters. The zero-order valence-electron chi connectivity index (χ0n) is 9.33. The second-order valence-corrected chi connectivity index (χ2v) is 2.85. The molecule has 0 bridgehead atoms. The van der Waals surface area contributed by atoms with Crippen molar-refractivity contribution in [2.24, 2.45) is 5.73 Å². The molecule has 15 heavy (non-hydrogen) atoms. The van der Waals surface area contributed by atoms with Gasteiger partial charge in [-0.3, -0.25) is 9.59 Å². The first-order valence-corrected chi connectivity index (χ1v) is 4.41. The molecule has 0 spiro atoms. The Morgan fingerprint density at radius 3 is 1.80 bits per heavy atom. The van der Waals surface area contributed by atoms with Crippen LogP contribution >= 0.6 is 0 Å². The van der Waals surface area contributed by atoms with Crippen molar-refractivity contribution in [1.82, 2.24) is 0 Å². The van der Waals surface area contributed by atoms with Crippen LogP contribution < -0.4 is 5.73 Å². The van der Waals surface area contributed by atoms with Crippen molar-refractivity contribution in [3.05, 3.63) is 12.2 Å². The van der Waals surface area contributed by atoms with Gasteiger partial charge >= 0.3 is 5.97 Å². The van der Waals surface area contributed by atoms with E-state index in [1.165, 1.54) is 6.92 Å². The molecule has 0 aromatic carbocycles. The Morgan fingerprint density at radius 1 is 1.27 bits per heavy atom. The van der Waals surface area contributed by atoms with Crippen molar-refractivity contribution in [3.63, 3.8) is 0 Å². The van der Waals surface area contributed by atoms with Gasteiger partial charge in [0.15, 0.2) is 0 Å². The predicted molar refractivity (Wildman–Crippen MR) is 55.9 cm³/mol. The molecule has 0 saturated carbocycles. The van der Waals surface area contributed by atoms with E-state index in [-0.39, 0.29) is 18.2 Å². The van der Waals surface area contributed by atoms with Crippen LogP contribution in [0.1, 0.15) is 27.2 Å². The van der Waals surface area contributed by atoms with Gasteiger partial charge in [0, 0.05) is 5.57 Å². The summed E-state index contributed by atoms with van der Waals surface area (Å²) in [5.74, 6) is -1.06. The molecule has 0 aliphatic rings. The molecule has 2 N–H and O–H groups in total. The lowest BCUT2D eigenvalue weighted by Crippen LogP contribution is -2.13. The fraction of sp³-hybridized carbons (Fsp3) is 0.500. The fourth-order valence-corrected chi connectivity index (χ4v) is 0.500. The normalized spacial score (nSPS) is 8.20. The van der Waals surface area contributed by atoms with Gasteiger partial charge in [0.2, 0.25) is 5.91 Å². The third-order valence-electron chi connectivity index (χ3n) is 1.05. The molecule has 0 aliphatic carbocycles. The quantitative estimate of drug-likeness (QED) is 0.422. The van der Waals surface area contributed by atoms with Crippen LogP contribution in [-0.2, 0) is 19.1 Å². The molecule has 0 heterocycles. The lowest BCUT2D eigenvalue weighted by atomic mass is 10.3. The van der Waals surface area contributed by atoms with Gasteiger partial charge in [0.05, 0.1) is 13.0 Å². The Morgan fingerprint density at radius 2 is 1.73 bits per heavy atom. The number of ether oxygens (including phenoxy) is 1. The minimum Gasteiger partial charge on any atom is -0.463 e. The second-order valence-electron chi connectivity index (χ2n) is 2.85. The summed E-state index contributed by atoms with van der Waals surface area (Å²) in [6.45, 7) is 8.53. The van der Waals surface area contributed by atoms with Crippen LogP contribution in [-0.4, -0.2) is 24.3 Å². The molecule has 86 valence electrons. The summed E-state index contributed by atoms with van der Waals surface area (Å²) >= 11 is 0. The van der Waals surface area contributed by atoms with Gasteiger partial charge < -0.3 is 10.5 Å². The predicted octanol–water partition coefficient (Wildman–Crippen LogP) is 0.576. The van der Waals surface area contributed by atoms with Crippen molar-refractivity contribution in [2.45, 2.75) is 27.2 Å². The third kappa shape index (κ3) is 15.1. The second kappa shape index (κ2) is 8.93. The van der Waals surface area contributed by atoms with Gasteiger partial charge in [-0.15, -0.1) is 0 Å². The van der Waals surface area contributed by atoms with Crippen LogP contribution in [0.4, 0.5) is 0 Å². The number of carbonyl (C=O) groups is 3. The number of rotatable bonds is 4. The van der Waals surface area contributed by atoms with E-state index in [2.05, 4.69) is 17.0 Å². The smallest absolute Gasteiger partial charge is 0.333 e. The molecule has 0 aromatic heterocycles. The summed E-state index contributed by atoms with van der Waals surface area (Å²) < 4.78 is 4.56. The number of ketones is 1. The van der Waals surface area contributed by atoms with Gasteiger partial charge in [-0.05, 0) is 20.8 Å². The molecular weight excluding hydrogens is 198 g/mol. The molecule has 0 fully saturated rings. The van der Waals surface area contributed by atoms with E-state index >= 15 is 0 Å². The zero-order valence-corrected chi connectivity index (χ0v) is 9.33. The highest BCUT2D eigenvalue weighted by atomic mass is 16.5. The largest absolute Gasteiger partial charge is 0.463 e. The lowest BCUT2D eigenvalue weighted by Gasteiger charge is -1.96. The summed E-state index contributed by atoms with van der Waals surface area (Å²) in [4.78, 5) is 30.2. The molecular formula is C10H17NO4. The Labute approximate surface area is 89.3 Å². The van der Waals surface area contributed by atoms with E-state index in [1.807, 2.05) is 0 Å². The number of hydrogen-bond acceptors (Lipinski definition) is 4. The SMILES string of the molecule is C=C(C)C(=O)OCC.CC(=O)CC(N)=O. The number of primary amides is 1. The molecule has 5 heteroatoms. The van der Waals surface area contributed by atoms with Gasteiger partial charge in [0.1, 0.15) is 5.78 Å². The molecule has 0 aromatic rings. The Hall–Kier alpha value is -1.65. The number of hydrogen-bond donors (Lipinski definition) is 1. The Bertz CT molecular complexity index is 246. The number of nitrogens with two attached hydrogens (primary N) is 1. The summed E-state index contributed by atoms with van der Waals surface area (Å²) in [7, 11) is 0. The topological polar surface area (TPSA) is 86.5 Å². The van der Waals surface area contributed by atoms with E-state index in [0.717, 1.165) is 0 Å². The van der Waals surface area contributed by atoms with Gasteiger partial charge in [-0.25, -0.2) is 4.79 Å². The highest BCUT2D eigenvalue weighted by Crippen LogP contribution is 1.89. The number of amides is 1. The van der Waals surface area contributed by atoms with Gasteiger partial charge in [-0.1, -0.05) is 6.58 Å². The molecule has 5 nitrogen and oxygen atoms in total. The standard InChI is InChI=1S/C6H10O2.C4H7NO2/c1-4-8-6(7)5(2)3;1-3(6)2-4(5)7/h2,4H2,1,3H3;2H2,1H3,(H2,5,7). The number of carbonyl (C=O) groups excluding carboxylic acids is 3. The molecule has 0 aliphatic heterocycles. The van der Waals surface area contributed by atoms with E-state index in [1.54, 1.807) is 13.8 Å². The minimum atomic E-state index is -0.562. The molecule has 0 rings (SSSR count). The fourth-order valence-electron chi connectivity index (χ4n) is 0.500. The summed E-state index contributed by atoms with van der Waals surface area (Å²) in [6.07, 6.45) is -0.139. The van der Waals surface area contributed by atoms with Crippen molar-refractivity contribution in [3.8, 4) is 0 Å². The molecule has 0 saturated heterocycles. The van der Waals surface area contributed by atoms with E-state index in [0.29, 0.717) is 12.2 Å². The lowest BCUT2D eigenvalue weighted by molar-refractivity contribution is -0.138. The van der Waals surface area contributed by atoms with Crippen molar-refractivity contribution in [1.29, 1.82) is 0 Å². The molecule has 0 radical (unpaired) electrons. The van der Waals surface area contributed by atoms with Crippen LogP contribution in [0.5, 0.6) is 0 Å². The van der Waals surface area contributed by atoms with Gasteiger partial charge in [0.25, 0.3) is 0 Å². The van der Waals surface area contributed by atoms with Crippen LogP contribution in [0.3, 0.4) is 0 Å². The minimum absolute atomic E-state index is 0.139. The summed E-state index contributed by atoms with van der Waals surface area (Å²) in [5, 5.41) is 0. The molecule has 0 unspecified atom stereocenters. The van der Waals surface area contributed by atoms with E-state index in [9.17, 15) is 14.4 Å². The van der Waals surface area contributed by atoms with Crippen LogP contribution in [0.15, 0.2) is 12.2 Å². The Kier molecular flexibility index (Phi) is 9.41. The van der Waals surface area contributed by atoms with Crippen LogP contribution in [0.25, 0.3) is 0 Å². The number of Topliss-reactive ketones (excluding diaryl/α,β-unsaturated/α-hetero) is 1.